The molecule has 1 atom stereocenters. The lowest BCUT2D eigenvalue weighted by molar-refractivity contribution is -0.137. The first-order chi connectivity index (χ1) is 11.7. The van der Waals surface area contributed by atoms with Gasteiger partial charge in [-0.2, -0.15) is 0 Å². The SMILES string of the molecule is CC(O)C(C)(C)N.CCCCCCCCCCCCCCCC(=O)O. The van der Waals surface area contributed by atoms with E-state index in [1.54, 1.807) is 20.8 Å². The Hall–Kier alpha value is -0.610. The van der Waals surface area contributed by atoms with E-state index >= 15 is 0 Å². The van der Waals surface area contributed by atoms with Gasteiger partial charge in [0.15, 0.2) is 0 Å². The largest absolute Gasteiger partial charge is 0.481 e. The number of aliphatic hydroxyl groups excluding tert-OH is 1. The number of aliphatic carboxylic acids is 1. The number of hydrogen-bond acceptors (Lipinski definition) is 3. The highest BCUT2D eigenvalue weighted by Crippen LogP contribution is 2.12. The molecule has 0 aromatic rings. The Kier molecular flexibility index (Phi) is 19.4. The molecule has 4 heteroatoms. The molecule has 0 aromatic carbocycles. The van der Waals surface area contributed by atoms with Gasteiger partial charge >= 0.3 is 5.97 Å². The van der Waals surface area contributed by atoms with Crippen molar-refractivity contribution in [2.45, 2.75) is 129 Å². The predicted molar refractivity (Wildman–Crippen MR) is 108 cm³/mol. The summed E-state index contributed by atoms with van der Waals surface area (Å²) in [5.41, 5.74) is 4.98. The lowest BCUT2D eigenvalue weighted by atomic mass is 10.0. The molecule has 0 aliphatic heterocycles. The minimum atomic E-state index is -0.655. The van der Waals surface area contributed by atoms with Crippen LogP contribution in [-0.2, 0) is 4.79 Å². The smallest absolute Gasteiger partial charge is 0.303 e. The van der Waals surface area contributed by atoms with Gasteiger partial charge in [0.2, 0.25) is 0 Å². The molecule has 0 radical (unpaired) electrons. The Morgan fingerprint density at radius 2 is 1.12 bits per heavy atom. The fourth-order valence-corrected chi connectivity index (χ4v) is 2.29. The maximum atomic E-state index is 10.3. The number of rotatable bonds is 15. The average molecular weight is 360 g/mol. The molecule has 1 unspecified atom stereocenters. The zero-order valence-electron chi connectivity index (χ0n) is 17.4. The Morgan fingerprint density at radius 1 is 0.840 bits per heavy atom. The molecule has 0 saturated carbocycles. The van der Waals surface area contributed by atoms with Crippen molar-refractivity contribution in [3.63, 3.8) is 0 Å². The summed E-state index contributed by atoms with van der Waals surface area (Å²) >= 11 is 0. The second-order valence-corrected chi connectivity index (χ2v) is 7.88. The van der Waals surface area contributed by atoms with Crippen LogP contribution in [0, 0.1) is 0 Å². The number of carboxylic acid groups (broad SMARTS) is 1. The van der Waals surface area contributed by atoms with E-state index < -0.39 is 17.6 Å². The summed E-state index contributed by atoms with van der Waals surface area (Å²) in [5.74, 6) is -0.655. The summed E-state index contributed by atoms with van der Waals surface area (Å²) in [6.45, 7) is 7.52. The summed E-state index contributed by atoms with van der Waals surface area (Å²) in [6, 6.07) is 0. The highest BCUT2D eigenvalue weighted by atomic mass is 16.4. The van der Waals surface area contributed by atoms with Crippen molar-refractivity contribution < 1.29 is 15.0 Å². The fraction of sp³-hybridized carbons (Fsp3) is 0.952. The number of nitrogens with two attached hydrogens (primary N) is 1. The molecule has 0 spiro atoms. The van der Waals surface area contributed by atoms with Crippen LogP contribution in [0.1, 0.15) is 118 Å². The van der Waals surface area contributed by atoms with E-state index in [1.165, 1.54) is 70.6 Å². The van der Waals surface area contributed by atoms with Crippen molar-refractivity contribution in [3.05, 3.63) is 0 Å². The predicted octanol–water partition coefficient (Wildman–Crippen LogP) is 5.66. The minimum absolute atomic E-state index is 0.345. The van der Waals surface area contributed by atoms with Gasteiger partial charge in [-0.3, -0.25) is 4.79 Å². The van der Waals surface area contributed by atoms with Crippen LogP contribution in [0.2, 0.25) is 0 Å². The van der Waals surface area contributed by atoms with E-state index in [-0.39, 0.29) is 0 Å². The van der Waals surface area contributed by atoms with E-state index in [2.05, 4.69) is 6.92 Å². The molecule has 0 amide bonds. The molecule has 152 valence electrons. The second kappa shape index (κ2) is 18.2. The van der Waals surface area contributed by atoms with Crippen LogP contribution in [0.3, 0.4) is 0 Å². The summed E-state index contributed by atoms with van der Waals surface area (Å²) in [5, 5.41) is 17.3. The number of carbonyl (C=O) groups is 1. The summed E-state index contributed by atoms with van der Waals surface area (Å²) < 4.78 is 0. The third-order valence-corrected chi connectivity index (χ3v) is 4.57. The van der Waals surface area contributed by atoms with Crippen molar-refractivity contribution in [2.75, 3.05) is 0 Å². The van der Waals surface area contributed by atoms with Gasteiger partial charge in [-0.25, -0.2) is 0 Å². The van der Waals surface area contributed by atoms with Crippen LogP contribution in [0.5, 0.6) is 0 Å². The molecule has 0 aliphatic carbocycles. The van der Waals surface area contributed by atoms with E-state index in [9.17, 15) is 4.79 Å². The Labute approximate surface area is 156 Å². The Morgan fingerprint density at radius 3 is 1.36 bits per heavy atom. The summed E-state index contributed by atoms with van der Waals surface area (Å²) in [6.07, 6.45) is 16.8. The average Bonchev–Trinajstić information content (AvgIpc) is 2.51. The van der Waals surface area contributed by atoms with E-state index in [4.69, 9.17) is 15.9 Å². The lowest BCUT2D eigenvalue weighted by Gasteiger charge is -2.21. The highest BCUT2D eigenvalue weighted by molar-refractivity contribution is 5.66. The molecule has 0 rings (SSSR count). The molecule has 4 N–H and O–H groups in total. The lowest BCUT2D eigenvalue weighted by Crippen LogP contribution is -2.43. The first-order valence-corrected chi connectivity index (χ1v) is 10.4. The van der Waals surface area contributed by atoms with E-state index in [1.807, 2.05) is 0 Å². The number of carboxylic acids is 1. The second-order valence-electron chi connectivity index (χ2n) is 7.88. The van der Waals surface area contributed by atoms with Gasteiger partial charge in [0.25, 0.3) is 0 Å². The Bertz CT molecular complexity index is 285. The molecule has 0 fully saturated rings. The van der Waals surface area contributed by atoms with Crippen LogP contribution in [0.25, 0.3) is 0 Å². The fourth-order valence-electron chi connectivity index (χ4n) is 2.29. The van der Waals surface area contributed by atoms with Crippen LogP contribution in [0.4, 0.5) is 0 Å². The normalized spacial score (nSPS) is 12.4. The van der Waals surface area contributed by atoms with Crippen molar-refractivity contribution >= 4 is 5.97 Å². The monoisotopic (exact) mass is 359 g/mol. The number of aliphatic hydroxyl groups is 1. The van der Waals surface area contributed by atoms with Gasteiger partial charge in [0, 0.05) is 12.0 Å². The number of hydrogen-bond donors (Lipinski definition) is 3. The minimum Gasteiger partial charge on any atom is -0.481 e. The first-order valence-electron chi connectivity index (χ1n) is 10.4. The molecule has 0 aliphatic rings. The highest BCUT2D eigenvalue weighted by Gasteiger charge is 2.16. The first kappa shape index (κ1) is 26.6. The van der Waals surface area contributed by atoms with Crippen molar-refractivity contribution in [2.24, 2.45) is 5.73 Å². The third kappa shape index (κ3) is 25.7. The summed E-state index contributed by atoms with van der Waals surface area (Å²) in [7, 11) is 0. The maximum absolute atomic E-state index is 10.3. The van der Waals surface area contributed by atoms with Crippen molar-refractivity contribution in [1.29, 1.82) is 0 Å². The topological polar surface area (TPSA) is 83.5 Å². The zero-order valence-corrected chi connectivity index (χ0v) is 17.4. The molecule has 4 nitrogen and oxygen atoms in total. The molecule has 0 saturated heterocycles. The Balaban J connectivity index is 0. The van der Waals surface area contributed by atoms with E-state index in [0.29, 0.717) is 6.42 Å². The van der Waals surface area contributed by atoms with Gasteiger partial charge in [0.05, 0.1) is 6.10 Å². The standard InChI is InChI=1S/C16H32O2.C5H13NO/c1-2-3-4-5-6-7-8-9-10-11-12-13-14-15-16(17)18;1-4(7)5(2,3)6/h2-15H2,1H3,(H,17,18);4,7H,6H2,1-3H3. The van der Waals surface area contributed by atoms with E-state index in [0.717, 1.165) is 12.8 Å². The van der Waals surface area contributed by atoms with Gasteiger partial charge in [-0.1, -0.05) is 84.0 Å². The molecule has 0 aromatic heterocycles. The molecular weight excluding hydrogens is 314 g/mol. The quantitative estimate of drug-likeness (QED) is 0.330. The summed E-state index contributed by atoms with van der Waals surface area (Å²) in [4.78, 5) is 10.3. The van der Waals surface area contributed by atoms with Gasteiger partial charge in [0.1, 0.15) is 0 Å². The molecule has 0 heterocycles. The molecule has 25 heavy (non-hydrogen) atoms. The van der Waals surface area contributed by atoms with Crippen LogP contribution >= 0.6 is 0 Å². The van der Waals surface area contributed by atoms with Crippen molar-refractivity contribution in [3.8, 4) is 0 Å². The maximum Gasteiger partial charge on any atom is 0.303 e. The number of unbranched alkanes of at least 4 members (excludes halogenated alkanes) is 12. The van der Waals surface area contributed by atoms with Gasteiger partial charge < -0.3 is 15.9 Å². The van der Waals surface area contributed by atoms with Gasteiger partial charge in [-0.15, -0.1) is 0 Å². The zero-order chi connectivity index (χ0) is 19.6. The van der Waals surface area contributed by atoms with Crippen molar-refractivity contribution in [1.82, 2.24) is 0 Å². The van der Waals surface area contributed by atoms with Gasteiger partial charge in [-0.05, 0) is 27.2 Å². The van der Waals surface area contributed by atoms with Crippen LogP contribution < -0.4 is 5.73 Å². The molecule has 0 bridgehead atoms. The van der Waals surface area contributed by atoms with Crippen LogP contribution in [0.15, 0.2) is 0 Å². The molecular formula is C21H45NO3. The third-order valence-electron chi connectivity index (χ3n) is 4.57. The van der Waals surface area contributed by atoms with Crippen LogP contribution in [-0.4, -0.2) is 27.8 Å².